The zero-order valence-corrected chi connectivity index (χ0v) is 27.6. The summed E-state index contributed by atoms with van der Waals surface area (Å²) in [5.74, 6) is -0.0815. The molecule has 3 unspecified atom stereocenters. The number of aliphatic hydroxyl groups excluding tert-OH is 1. The third-order valence-electron chi connectivity index (χ3n) is 6.45. The summed E-state index contributed by atoms with van der Waals surface area (Å²) in [6.07, 6.45) is 11.8. The van der Waals surface area contributed by atoms with Crippen LogP contribution in [0, 0.1) is 0 Å². The first kappa shape index (κ1) is 41.8. The van der Waals surface area contributed by atoms with Crippen molar-refractivity contribution in [2.45, 2.75) is 158 Å². The number of piperazine rings is 1. The van der Waals surface area contributed by atoms with Crippen LogP contribution in [0.15, 0.2) is 0 Å². The minimum absolute atomic E-state index is 0.0815. The summed E-state index contributed by atoms with van der Waals surface area (Å²) in [7, 11) is 0. The number of hydrogen-bond acceptors (Lipinski definition) is 6. The highest BCUT2D eigenvalue weighted by Gasteiger charge is 2.22. The standard InChI is InChI=1S/C25H51N3O3.C3H8.2C2H6/c1-5-7-8-9-10-11-14-24(29)21-27(6-2)16-13-12-15-25(30)31-18-17-28-20-22(3)26-19-23(28)4;1-3-2;2*1-2/h22-24,26,29H,5-21H2,1-4H3;3H2,1-2H3;2*1-2H3. The van der Waals surface area contributed by atoms with Gasteiger partial charge in [0.25, 0.3) is 0 Å². The van der Waals surface area contributed by atoms with Crippen molar-refractivity contribution in [2.75, 3.05) is 45.9 Å². The number of aliphatic hydroxyl groups is 1. The predicted octanol–water partition coefficient (Wildman–Crippen LogP) is 7.28. The molecule has 1 fully saturated rings. The highest BCUT2D eigenvalue weighted by molar-refractivity contribution is 5.69. The van der Waals surface area contributed by atoms with E-state index >= 15 is 0 Å². The molecule has 0 aromatic rings. The maximum Gasteiger partial charge on any atom is 0.305 e. The van der Waals surface area contributed by atoms with Crippen molar-refractivity contribution in [1.29, 1.82) is 0 Å². The average Bonchev–Trinajstić information content (AvgIpc) is 2.92. The van der Waals surface area contributed by atoms with E-state index in [1.165, 1.54) is 38.5 Å². The van der Waals surface area contributed by atoms with E-state index in [9.17, 15) is 9.90 Å². The summed E-state index contributed by atoms with van der Waals surface area (Å²) in [6.45, 7) is 27.0. The van der Waals surface area contributed by atoms with Crippen LogP contribution in [0.25, 0.3) is 0 Å². The highest BCUT2D eigenvalue weighted by Crippen LogP contribution is 2.10. The predicted molar refractivity (Wildman–Crippen MR) is 168 cm³/mol. The number of hydrogen-bond donors (Lipinski definition) is 2. The second-order valence-electron chi connectivity index (χ2n) is 10.1. The molecule has 2 N–H and O–H groups in total. The van der Waals surface area contributed by atoms with Gasteiger partial charge in [0.1, 0.15) is 6.61 Å². The Morgan fingerprint density at radius 3 is 2.18 bits per heavy atom. The molecule has 0 aliphatic carbocycles. The summed E-state index contributed by atoms with van der Waals surface area (Å²) in [4.78, 5) is 16.7. The van der Waals surface area contributed by atoms with Gasteiger partial charge in [-0.1, -0.05) is 100 Å². The van der Waals surface area contributed by atoms with Gasteiger partial charge in [0.2, 0.25) is 0 Å². The fourth-order valence-corrected chi connectivity index (χ4v) is 4.29. The first-order chi connectivity index (χ1) is 18.4. The van der Waals surface area contributed by atoms with Crippen molar-refractivity contribution in [3.05, 3.63) is 0 Å². The van der Waals surface area contributed by atoms with Crippen LogP contribution in [0.2, 0.25) is 0 Å². The molecule has 0 aromatic heterocycles. The molecule has 1 aliphatic rings. The number of ether oxygens (including phenoxy) is 1. The fourth-order valence-electron chi connectivity index (χ4n) is 4.29. The topological polar surface area (TPSA) is 65.0 Å². The van der Waals surface area contributed by atoms with Crippen molar-refractivity contribution in [3.8, 4) is 0 Å². The summed E-state index contributed by atoms with van der Waals surface area (Å²) in [5.41, 5.74) is 0. The van der Waals surface area contributed by atoms with Crippen LogP contribution < -0.4 is 5.32 Å². The molecule has 0 aromatic carbocycles. The van der Waals surface area contributed by atoms with Crippen molar-refractivity contribution < 1.29 is 14.6 Å². The van der Waals surface area contributed by atoms with Crippen LogP contribution in [0.1, 0.15) is 140 Å². The normalized spacial score (nSPS) is 17.8. The quantitative estimate of drug-likeness (QED) is 0.139. The van der Waals surface area contributed by atoms with E-state index in [1.807, 2.05) is 27.7 Å². The van der Waals surface area contributed by atoms with E-state index in [1.54, 1.807) is 0 Å². The molecule has 3 atom stereocenters. The van der Waals surface area contributed by atoms with Gasteiger partial charge in [0.15, 0.2) is 0 Å². The van der Waals surface area contributed by atoms with Crippen molar-refractivity contribution >= 4 is 5.97 Å². The van der Waals surface area contributed by atoms with Gasteiger partial charge < -0.3 is 20.1 Å². The van der Waals surface area contributed by atoms with E-state index in [0.29, 0.717) is 25.1 Å². The summed E-state index contributed by atoms with van der Waals surface area (Å²) >= 11 is 0. The Morgan fingerprint density at radius 1 is 0.974 bits per heavy atom. The Balaban J connectivity index is -0.00000159. The zero-order chi connectivity index (χ0) is 29.6. The van der Waals surface area contributed by atoms with Gasteiger partial charge in [-0.2, -0.15) is 0 Å². The second kappa shape index (κ2) is 32.5. The second-order valence-corrected chi connectivity index (χ2v) is 10.1. The van der Waals surface area contributed by atoms with E-state index in [-0.39, 0.29) is 12.1 Å². The molecule has 0 bridgehead atoms. The number of nitrogens with zero attached hydrogens (tertiary/aromatic N) is 2. The molecule has 38 heavy (non-hydrogen) atoms. The molecule has 0 radical (unpaired) electrons. The van der Waals surface area contributed by atoms with Crippen molar-refractivity contribution in [1.82, 2.24) is 15.1 Å². The number of carbonyl (C=O) groups excluding carboxylic acids is 1. The third-order valence-corrected chi connectivity index (χ3v) is 6.45. The SMILES string of the molecule is CC.CC.CCC.CCCCCCCCC(O)CN(CC)CCCCC(=O)OCCN1CC(C)NCC1C. The van der Waals surface area contributed by atoms with Gasteiger partial charge in [-0.05, 0) is 46.2 Å². The van der Waals surface area contributed by atoms with E-state index in [2.05, 4.69) is 56.7 Å². The summed E-state index contributed by atoms with van der Waals surface area (Å²) in [5, 5.41) is 13.8. The number of rotatable bonds is 18. The molecule has 232 valence electrons. The minimum Gasteiger partial charge on any atom is -0.464 e. The molecule has 1 aliphatic heterocycles. The molecular formula is C32H71N3O3. The van der Waals surface area contributed by atoms with Crippen LogP contribution in [0.3, 0.4) is 0 Å². The first-order valence-electron chi connectivity index (χ1n) is 16.4. The van der Waals surface area contributed by atoms with Gasteiger partial charge in [-0.3, -0.25) is 9.69 Å². The lowest BCUT2D eigenvalue weighted by molar-refractivity contribution is -0.144. The first-order valence-corrected chi connectivity index (χ1v) is 16.4. The lowest BCUT2D eigenvalue weighted by atomic mass is 10.1. The zero-order valence-electron chi connectivity index (χ0n) is 27.6. The molecule has 0 spiro atoms. The molecule has 6 nitrogen and oxygen atoms in total. The largest absolute Gasteiger partial charge is 0.464 e. The number of likely N-dealkylation sites (N-methyl/N-ethyl adjacent to an activating group) is 1. The Morgan fingerprint density at radius 2 is 1.58 bits per heavy atom. The van der Waals surface area contributed by atoms with E-state index in [0.717, 1.165) is 65.0 Å². The van der Waals surface area contributed by atoms with Gasteiger partial charge in [-0.25, -0.2) is 0 Å². The monoisotopic (exact) mass is 546 g/mol. The number of nitrogens with one attached hydrogen (secondary N) is 1. The lowest BCUT2D eigenvalue weighted by Crippen LogP contribution is -2.55. The van der Waals surface area contributed by atoms with Crippen molar-refractivity contribution in [2.24, 2.45) is 0 Å². The Labute approximate surface area is 239 Å². The maximum absolute atomic E-state index is 12.0. The lowest BCUT2D eigenvalue weighted by Gasteiger charge is -2.37. The maximum atomic E-state index is 12.0. The summed E-state index contributed by atoms with van der Waals surface area (Å²) in [6, 6.07) is 0.990. The van der Waals surface area contributed by atoms with Gasteiger partial charge in [-0.15, -0.1) is 0 Å². The van der Waals surface area contributed by atoms with Gasteiger partial charge >= 0.3 is 5.97 Å². The molecule has 6 heteroatoms. The Hall–Kier alpha value is -0.690. The molecule has 1 rings (SSSR count). The van der Waals surface area contributed by atoms with Crippen LogP contribution in [0.5, 0.6) is 0 Å². The van der Waals surface area contributed by atoms with Gasteiger partial charge in [0.05, 0.1) is 6.10 Å². The van der Waals surface area contributed by atoms with E-state index < -0.39 is 0 Å². The van der Waals surface area contributed by atoms with Crippen LogP contribution in [0.4, 0.5) is 0 Å². The van der Waals surface area contributed by atoms with Crippen LogP contribution >= 0.6 is 0 Å². The highest BCUT2D eigenvalue weighted by atomic mass is 16.5. The number of esters is 1. The summed E-state index contributed by atoms with van der Waals surface area (Å²) < 4.78 is 5.45. The molecule has 1 heterocycles. The van der Waals surface area contributed by atoms with Gasteiger partial charge in [0, 0.05) is 44.7 Å². The van der Waals surface area contributed by atoms with Crippen LogP contribution in [-0.4, -0.2) is 84.9 Å². The minimum atomic E-state index is -0.230. The molecule has 0 amide bonds. The molecule has 1 saturated heterocycles. The fraction of sp³-hybridized carbons (Fsp3) is 0.969. The van der Waals surface area contributed by atoms with Crippen molar-refractivity contribution in [3.63, 3.8) is 0 Å². The Bertz CT molecular complexity index is 465. The molecule has 0 saturated carbocycles. The average molecular weight is 546 g/mol. The number of carbonyl (C=O) groups is 1. The number of unbranched alkanes of at least 4 members (excludes halogenated alkanes) is 6. The van der Waals surface area contributed by atoms with E-state index in [4.69, 9.17) is 4.74 Å². The Kier molecular flexibility index (Phi) is 35.8. The van der Waals surface area contributed by atoms with Crippen LogP contribution in [-0.2, 0) is 9.53 Å². The molecular weight excluding hydrogens is 474 g/mol. The third kappa shape index (κ3) is 26.9. The smallest absolute Gasteiger partial charge is 0.305 e.